The van der Waals surface area contributed by atoms with Crippen LogP contribution in [0.4, 0.5) is 5.69 Å². The molecule has 10 heteroatoms. The van der Waals surface area contributed by atoms with E-state index in [0.717, 1.165) is 75.8 Å². The molecule has 0 aliphatic heterocycles. The number of amides is 1. The van der Waals surface area contributed by atoms with E-state index >= 15 is 0 Å². The summed E-state index contributed by atoms with van der Waals surface area (Å²) < 4.78 is 11.2. The zero-order valence-corrected chi connectivity index (χ0v) is 35.6. The quantitative estimate of drug-likeness (QED) is 0.0718. The maximum atomic E-state index is 13.1. The number of anilines is 1. The molecular formula is C52H51N7O3. The Morgan fingerprint density at radius 1 is 0.790 bits per heavy atom. The zero-order valence-electron chi connectivity index (χ0n) is 35.6. The Kier molecular flexibility index (Phi) is 12.5. The van der Waals surface area contributed by atoms with E-state index in [1.165, 1.54) is 0 Å². The van der Waals surface area contributed by atoms with Crippen molar-refractivity contribution >= 4 is 28.9 Å². The second-order valence-electron chi connectivity index (χ2n) is 16.0. The van der Waals surface area contributed by atoms with Crippen LogP contribution in [0.2, 0.25) is 0 Å². The van der Waals surface area contributed by atoms with Gasteiger partial charge < -0.3 is 19.4 Å². The van der Waals surface area contributed by atoms with Crippen molar-refractivity contribution in [3.63, 3.8) is 0 Å². The largest absolute Gasteiger partial charge is 0.478 e. The second kappa shape index (κ2) is 18.6. The fourth-order valence-electron chi connectivity index (χ4n) is 8.22. The van der Waals surface area contributed by atoms with Crippen LogP contribution in [0.15, 0.2) is 158 Å². The lowest BCUT2D eigenvalue weighted by Gasteiger charge is -2.37. The van der Waals surface area contributed by atoms with Gasteiger partial charge in [-0.1, -0.05) is 161 Å². The molecule has 0 radical (unpaired) electrons. The Labute approximate surface area is 362 Å². The molecule has 0 aliphatic rings. The fourth-order valence-corrected chi connectivity index (χ4v) is 8.22. The molecular weight excluding hydrogens is 771 g/mol. The summed E-state index contributed by atoms with van der Waals surface area (Å²) in [6, 6.07) is 53.2. The number of hydrogen-bond donors (Lipinski definition) is 1. The summed E-state index contributed by atoms with van der Waals surface area (Å²) in [7, 11) is 0. The number of aryl methyl sites for hydroxylation is 2. The number of nitrogens with zero attached hydrogens (tertiary/aromatic N) is 6. The van der Waals surface area contributed by atoms with E-state index in [9.17, 15) is 9.59 Å². The van der Waals surface area contributed by atoms with E-state index in [0.29, 0.717) is 23.8 Å². The van der Waals surface area contributed by atoms with Gasteiger partial charge in [0.05, 0.1) is 11.0 Å². The van der Waals surface area contributed by atoms with E-state index in [1.807, 2.05) is 121 Å². The van der Waals surface area contributed by atoms with Gasteiger partial charge in [0.15, 0.2) is 11.9 Å². The number of benzene rings is 6. The Morgan fingerprint density at radius 3 is 1.94 bits per heavy atom. The van der Waals surface area contributed by atoms with Crippen LogP contribution < -0.4 is 10.1 Å². The smallest absolute Gasteiger partial charge is 0.227 e. The van der Waals surface area contributed by atoms with Crippen LogP contribution in [-0.4, -0.2) is 42.0 Å². The molecule has 0 fully saturated rings. The Hall–Kier alpha value is -7.20. The van der Waals surface area contributed by atoms with Crippen LogP contribution in [0.5, 0.6) is 5.75 Å². The number of fused-ring (bicyclic) bond motifs is 1. The first-order chi connectivity index (χ1) is 30.3. The number of unbranched alkanes of at least 4 members (excludes halogenated alkanes) is 1. The number of tetrazole rings is 1. The minimum atomic E-state index is -0.945. The van der Waals surface area contributed by atoms with E-state index in [1.54, 1.807) is 13.8 Å². The Morgan fingerprint density at radius 2 is 1.37 bits per heavy atom. The molecule has 0 aliphatic carbocycles. The van der Waals surface area contributed by atoms with Crippen LogP contribution in [0.1, 0.15) is 84.7 Å². The van der Waals surface area contributed by atoms with Crippen molar-refractivity contribution in [2.75, 3.05) is 5.32 Å². The van der Waals surface area contributed by atoms with Gasteiger partial charge in [-0.2, -0.15) is 0 Å². The molecule has 2 heterocycles. The monoisotopic (exact) mass is 821 g/mol. The summed E-state index contributed by atoms with van der Waals surface area (Å²) in [5, 5.41) is 16.9. The van der Waals surface area contributed by atoms with Crippen molar-refractivity contribution in [2.45, 2.75) is 65.1 Å². The molecule has 2 aromatic heterocycles. The van der Waals surface area contributed by atoms with Gasteiger partial charge in [-0.3, -0.25) is 4.79 Å². The lowest BCUT2D eigenvalue weighted by molar-refractivity contribution is -0.124. The highest BCUT2D eigenvalue weighted by Crippen LogP contribution is 2.42. The van der Waals surface area contributed by atoms with Crippen molar-refractivity contribution in [1.82, 2.24) is 29.8 Å². The predicted molar refractivity (Wildman–Crippen MR) is 243 cm³/mol. The molecule has 0 bridgehead atoms. The van der Waals surface area contributed by atoms with Crippen molar-refractivity contribution in [2.24, 2.45) is 11.8 Å². The van der Waals surface area contributed by atoms with Gasteiger partial charge >= 0.3 is 0 Å². The first kappa shape index (κ1) is 41.5. The van der Waals surface area contributed by atoms with Gasteiger partial charge in [-0.05, 0) is 75.9 Å². The van der Waals surface area contributed by atoms with Crippen molar-refractivity contribution in [1.29, 1.82) is 0 Å². The van der Waals surface area contributed by atoms with E-state index in [2.05, 4.69) is 70.6 Å². The highest BCUT2D eigenvalue weighted by atomic mass is 16.5. The number of carbonyl (C=O) groups is 2. The number of rotatable bonds is 17. The molecule has 6 aromatic carbocycles. The molecule has 1 N–H and O–H groups in total. The molecule has 0 saturated heterocycles. The van der Waals surface area contributed by atoms with Gasteiger partial charge in [-0.15, -0.1) is 5.10 Å². The first-order valence-electron chi connectivity index (χ1n) is 21.3. The van der Waals surface area contributed by atoms with Crippen molar-refractivity contribution in [3.05, 3.63) is 203 Å². The van der Waals surface area contributed by atoms with E-state index in [-0.39, 0.29) is 11.8 Å². The normalized spacial score (nSPS) is 13.0. The summed E-state index contributed by atoms with van der Waals surface area (Å²) in [5.74, 6) is 1.15. The molecule has 0 spiro atoms. The van der Waals surface area contributed by atoms with Crippen LogP contribution >= 0.6 is 0 Å². The van der Waals surface area contributed by atoms with Crippen molar-refractivity contribution in [3.8, 4) is 5.75 Å². The highest BCUT2D eigenvalue weighted by molar-refractivity contribution is 5.96. The molecule has 10 nitrogen and oxygen atoms in total. The lowest BCUT2D eigenvalue weighted by Crippen LogP contribution is -2.40. The Bertz CT molecular complexity index is 2640. The maximum absolute atomic E-state index is 13.1. The third kappa shape index (κ3) is 8.28. The summed E-state index contributed by atoms with van der Waals surface area (Å²) in [4.78, 5) is 29.6. The topological polar surface area (TPSA) is 117 Å². The lowest BCUT2D eigenvalue weighted by atomic mass is 9.77. The van der Waals surface area contributed by atoms with Gasteiger partial charge in [0.2, 0.25) is 5.91 Å². The van der Waals surface area contributed by atoms with Gasteiger partial charge in [0.25, 0.3) is 0 Å². The third-order valence-corrected chi connectivity index (χ3v) is 11.8. The summed E-state index contributed by atoms with van der Waals surface area (Å²) in [5.41, 5.74) is 7.52. The number of imidazole rings is 1. The zero-order chi connectivity index (χ0) is 43.1. The highest BCUT2D eigenvalue weighted by Gasteiger charge is 2.43. The van der Waals surface area contributed by atoms with Crippen molar-refractivity contribution < 1.29 is 14.3 Å². The molecule has 62 heavy (non-hydrogen) atoms. The minimum absolute atomic E-state index is 0.190. The standard InChI is InChI=1S/C52H51N7O3/c1-5-6-27-47-54-48-36(2)32-44(53-51(61)38(4)37(3)35-60)33-46(48)58(47)34-39-28-30-45(31-29-39)62-49(40-19-11-7-12-20-40)50-55-56-57-59(50)52(41-21-13-8-14-22-41,42-23-15-9-16-24-42)43-25-17-10-18-26-43/h7-26,28-33,35,37-38,49H,5-6,27,34H2,1-4H3,(H,53,61). The van der Waals surface area contributed by atoms with Gasteiger partial charge in [0.1, 0.15) is 23.4 Å². The number of carbonyl (C=O) groups excluding carboxylic acids is 2. The predicted octanol–water partition coefficient (Wildman–Crippen LogP) is 10.1. The van der Waals surface area contributed by atoms with Gasteiger partial charge in [-0.25, -0.2) is 9.67 Å². The summed E-state index contributed by atoms with van der Waals surface area (Å²) in [6.07, 6.45) is 3.01. The number of nitrogens with one attached hydrogen (secondary N) is 1. The Balaban J connectivity index is 1.17. The minimum Gasteiger partial charge on any atom is -0.478 e. The summed E-state index contributed by atoms with van der Waals surface area (Å²) in [6.45, 7) is 8.30. The van der Waals surface area contributed by atoms with E-state index < -0.39 is 17.6 Å². The second-order valence-corrected chi connectivity index (χ2v) is 16.0. The molecule has 8 rings (SSSR count). The number of aromatic nitrogens is 6. The molecule has 312 valence electrons. The van der Waals surface area contributed by atoms with Crippen LogP contribution in [0.3, 0.4) is 0 Å². The molecule has 3 unspecified atom stereocenters. The van der Waals surface area contributed by atoms with E-state index in [4.69, 9.17) is 20.0 Å². The number of ether oxygens (including phenoxy) is 1. The van der Waals surface area contributed by atoms with Gasteiger partial charge in [0, 0.05) is 36.1 Å². The van der Waals surface area contributed by atoms with Crippen LogP contribution in [0.25, 0.3) is 11.0 Å². The molecule has 0 saturated carbocycles. The average molecular weight is 822 g/mol. The summed E-state index contributed by atoms with van der Waals surface area (Å²) >= 11 is 0. The first-order valence-corrected chi connectivity index (χ1v) is 21.3. The molecule has 3 atom stereocenters. The number of aldehydes is 1. The van der Waals surface area contributed by atoms with Crippen LogP contribution in [-0.2, 0) is 28.1 Å². The molecule has 8 aromatic rings. The SMILES string of the molecule is CCCCc1nc2c(C)cc(NC(=O)C(C)C(C)C=O)cc2n1Cc1ccc(OC(c2ccccc2)c2nnnn2C(c2ccccc2)(c2ccccc2)c2ccccc2)cc1. The number of hydrogen-bond acceptors (Lipinski definition) is 7. The van der Waals surface area contributed by atoms with Crippen LogP contribution in [0, 0.1) is 18.8 Å². The average Bonchev–Trinajstić information content (AvgIpc) is 3.94. The third-order valence-electron chi connectivity index (χ3n) is 11.8. The fraction of sp³-hybridized carbons (Fsp3) is 0.231. The maximum Gasteiger partial charge on any atom is 0.227 e. The molecule has 1 amide bonds.